The van der Waals surface area contributed by atoms with Crippen LogP contribution in [-0.2, 0) is 14.8 Å². The standard InChI is InChI=1S/C13H17N3O5S/c1-9(12(17)18)3-2-8-15-13(19)16-10-4-6-11(7-5-10)22(14,20)21/h3-7H,2,8H2,1H3,(H,17,18)(H2,14,20,21)(H2,15,16,19). The zero-order valence-electron chi connectivity index (χ0n) is 11.9. The van der Waals surface area contributed by atoms with Gasteiger partial charge in [0, 0.05) is 17.8 Å². The van der Waals surface area contributed by atoms with Crippen molar-refractivity contribution in [3.63, 3.8) is 0 Å². The van der Waals surface area contributed by atoms with Gasteiger partial charge >= 0.3 is 12.0 Å². The molecule has 0 saturated heterocycles. The third-order valence-electron chi connectivity index (χ3n) is 2.66. The number of nitrogens with two attached hydrogens (primary N) is 1. The zero-order valence-corrected chi connectivity index (χ0v) is 12.7. The summed E-state index contributed by atoms with van der Waals surface area (Å²) in [6.07, 6.45) is 1.89. The topological polar surface area (TPSA) is 139 Å². The third kappa shape index (κ3) is 5.94. The maximum absolute atomic E-state index is 11.6. The molecule has 120 valence electrons. The smallest absolute Gasteiger partial charge is 0.330 e. The molecular formula is C13H17N3O5S. The molecule has 8 nitrogen and oxygen atoms in total. The van der Waals surface area contributed by atoms with Crippen LogP contribution in [0.4, 0.5) is 10.5 Å². The summed E-state index contributed by atoms with van der Waals surface area (Å²) in [5.74, 6) is -1.00. The Labute approximate surface area is 128 Å². The molecule has 0 radical (unpaired) electrons. The molecule has 5 N–H and O–H groups in total. The van der Waals surface area contributed by atoms with Crippen molar-refractivity contribution in [1.82, 2.24) is 5.32 Å². The Balaban J connectivity index is 2.46. The normalized spacial score (nSPS) is 11.8. The number of carboxylic acid groups (broad SMARTS) is 1. The van der Waals surface area contributed by atoms with Gasteiger partial charge in [-0.1, -0.05) is 6.08 Å². The summed E-state index contributed by atoms with van der Waals surface area (Å²) in [5, 5.41) is 18.7. The van der Waals surface area contributed by atoms with Crippen molar-refractivity contribution in [2.24, 2.45) is 5.14 Å². The molecule has 0 fully saturated rings. The summed E-state index contributed by atoms with van der Waals surface area (Å²) in [7, 11) is -3.76. The summed E-state index contributed by atoms with van der Waals surface area (Å²) < 4.78 is 22.1. The van der Waals surface area contributed by atoms with E-state index in [0.29, 0.717) is 12.1 Å². The summed E-state index contributed by atoms with van der Waals surface area (Å²) in [4.78, 5) is 22.1. The number of sulfonamides is 1. The van der Waals surface area contributed by atoms with E-state index in [2.05, 4.69) is 10.6 Å². The first-order chi connectivity index (χ1) is 10.2. The minimum Gasteiger partial charge on any atom is -0.478 e. The average Bonchev–Trinajstić information content (AvgIpc) is 2.42. The van der Waals surface area contributed by atoms with Gasteiger partial charge in [-0.05, 0) is 37.6 Å². The Hall–Kier alpha value is -2.39. The summed E-state index contributed by atoms with van der Waals surface area (Å²) >= 11 is 0. The first-order valence-electron chi connectivity index (χ1n) is 6.28. The van der Waals surface area contributed by atoms with Gasteiger partial charge in [0.25, 0.3) is 0 Å². The van der Waals surface area contributed by atoms with Gasteiger partial charge in [-0.3, -0.25) is 0 Å². The number of amides is 2. The maximum Gasteiger partial charge on any atom is 0.330 e. The van der Waals surface area contributed by atoms with Crippen LogP contribution in [0.15, 0.2) is 40.8 Å². The van der Waals surface area contributed by atoms with Crippen molar-refractivity contribution in [2.75, 3.05) is 11.9 Å². The highest BCUT2D eigenvalue weighted by Gasteiger charge is 2.07. The van der Waals surface area contributed by atoms with Gasteiger partial charge < -0.3 is 15.7 Å². The Morgan fingerprint density at radius 1 is 1.27 bits per heavy atom. The van der Waals surface area contributed by atoms with Crippen LogP contribution in [0.5, 0.6) is 0 Å². The van der Waals surface area contributed by atoms with Crippen LogP contribution >= 0.6 is 0 Å². The molecule has 0 aliphatic carbocycles. The number of carboxylic acids is 1. The molecule has 0 spiro atoms. The zero-order chi connectivity index (χ0) is 16.8. The molecule has 22 heavy (non-hydrogen) atoms. The Morgan fingerprint density at radius 2 is 1.86 bits per heavy atom. The number of carbonyl (C=O) groups excluding carboxylic acids is 1. The molecule has 0 bridgehead atoms. The fourth-order valence-corrected chi connectivity index (χ4v) is 1.98. The molecule has 0 atom stereocenters. The lowest BCUT2D eigenvalue weighted by atomic mass is 10.2. The van der Waals surface area contributed by atoms with E-state index in [1.807, 2.05) is 0 Å². The molecule has 1 aromatic carbocycles. The lowest BCUT2D eigenvalue weighted by Gasteiger charge is -2.07. The molecule has 0 aliphatic rings. The predicted octanol–water partition coefficient (Wildman–Crippen LogP) is 0.876. The van der Waals surface area contributed by atoms with Gasteiger partial charge in [0.2, 0.25) is 10.0 Å². The van der Waals surface area contributed by atoms with Crippen molar-refractivity contribution in [2.45, 2.75) is 18.2 Å². The van der Waals surface area contributed by atoms with E-state index >= 15 is 0 Å². The van der Waals surface area contributed by atoms with Crippen molar-refractivity contribution < 1.29 is 23.1 Å². The Kier molecular flexibility index (Phi) is 6.08. The number of hydrogen-bond donors (Lipinski definition) is 4. The summed E-state index contributed by atoms with van der Waals surface area (Å²) in [6.45, 7) is 1.74. The molecule has 0 saturated carbocycles. The number of carbonyl (C=O) groups is 2. The van der Waals surface area contributed by atoms with Crippen LogP contribution in [0.2, 0.25) is 0 Å². The summed E-state index contributed by atoms with van der Waals surface area (Å²) in [5.41, 5.74) is 0.614. The lowest BCUT2D eigenvalue weighted by Crippen LogP contribution is -2.29. The number of anilines is 1. The van der Waals surface area contributed by atoms with E-state index in [1.54, 1.807) is 0 Å². The monoisotopic (exact) mass is 327 g/mol. The third-order valence-corrected chi connectivity index (χ3v) is 3.59. The fraction of sp³-hybridized carbons (Fsp3) is 0.231. The van der Waals surface area contributed by atoms with Crippen LogP contribution in [0.3, 0.4) is 0 Å². The number of nitrogens with one attached hydrogen (secondary N) is 2. The first-order valence-corrected chi connectivity index (χ1v) is 7.82. The SMILES string of the molecule is CC(=CCCNC(=O)Nc1ccc(S(N)(=O)=O)cc1)C(=O)O. The minimum atomic E-state index is -3.76. The van der Waals surface area contributed by atoms with E-state index in [4.69, 9.17) is 10.2 Å². The second-order valence-electron chi connectivity index (χ2n) is 4.43. The number of aliphatic carboxylic acids is 1. The highest BCUT2D eigenvalue weighted by Crippen LogP contribution is 2.12. The van der Waals surface area contributed by atoms with Gasteiger partial charge in [-0.15, -0.1) is 0 Å². The highest BCUT2D eigenvalue weighted by molar-refractivity contribution is 7.89. The molecule has 0 aliphatic heterocycles. The summed E-state index contributed by atoms with van der Waals surface area (Å²) in [6, 6.07) is 4.90. The molecule has 0 unspecified atom stereocenters. The molecular weight excluding hydrogens is 310 g/mol. The largest absolute Gasteiger partial charge is 0.478 e. The minimum absolute atomic E-state index is 0.0484. The molecule has 9 heteroatoms. The van der Waals surface area contributed by atoms with Gasteiger partial charge in [-0.2, -0.15) is 0 Å². The van der Waals surface area contributed by atoms with Crippen LogP contribution in [0, 0.1) is 0 Å². The van der Waals surface area contributed by atoms with Crippen molar-refractivity contribution in [3.8, 4) is 0 Å². The number of hydrogen-bond acceptors (Lipinski definition) is 4. The number of primary sulfonamides is 1. The van der Waals surface area contributed by atoms with Gasteiger partial charge in [0.15, 0.2) is 0 Å². The Morgan fingerprint density at radius 3 is 2.36 bits per heavy atom. The van der Waals surface area contributed by atoms with Gasteiger partial charge in [0.05, 0.1) is 4.90 Å². The second kappa shape index (κ2) is 7.57. The van der Waals surface area contributed by atoms with Gasteiger partial charge in [0.1, 0.15) is 0 Å². The maximum atomic E-state index is 11.6. The first kappa shape index (κ1) is 17.7. The van der Waals surface area contributed by atoms with E-state index in [-0.39, 0.29) is 17.0 Å². The van der Waals surface area contributed by atoms with E-state index in [1.165, 1.54) is 37.3 Å². The van der Waals surface area contributed by atoms with Crippen LogP contribution in [-0.4, -0.2) is 32.1 Å². The molecule has 0 aromatic heterocycles. The number of urea groups is 1. The molecule has 0 heterocycles. The van der Waals surface area contributed by atoms with E-state index in [0.717, 1.165) is 0 Å². The molecule has 2 amide bonds. The lowest BCUT2D eigenvalue weighted by molar-refractivity contribution is -0.132. The predicted molar refractivity (Wildman–Crippen MR) is 80.8 cm³/mol. The van der Waals surface area contributed by atoms with Crippen molar-refractivity contribution >= 4 is 27.7 Å². The van der Waals surface area contributed by atoms with E-state index < -0.39 is 22.0 Å². The van der Waals surface area contributed by atoms with Crippen LogP contribution in [0.25, 0.3) is 0 Å². The second-order valence-corrected chi connectivity index (χ2v) is 5.99. The Bertz CT molecular complexity index is 680. The van der Waals surface area contributed by atoms with E-state index in [9.17, 15) is 18.0 Å². The molecule has 1 aromatic rings. The average molecular weight is 327 g/mol. The number of rotatable bonds is 6. The highest BCUT2D eigenvalue weighted by atomic mass is 32.2. The van der Waals surface area contributed by atoms with Crippen LogP contribution in [0.1, 0.15) is 13.3 Å². The van der Waals surface area contributed by atoms with Crippen molar-refractivity contribution in [1.29, 1.82) is 0 Å². The quantitative estimate of drug-likeness (QED) is 0.454. The van der Waals surface area contributed by atoms with Crippen LogP contribution < -0.4 is 15.8 Å². The number of benzene rings is 1. The molecule has 1 rings (SSSR count). The van der Waals surface area contributed by atoms with Gasteiger partial charge in [-0.25, -0.2) is 23.1 Å². The fourth-order valence-electron chi connectivity index (χ4n) is 1.46. The van der Waals surface area contributed by atoms with Crippen molar-refractivity contribution in [3.05, 3.63) is 35.9 Å².